The van der Waals surface area contributed by atoms with E-state index in [9.17, 15) is 27.6 Å². The molecule has 14 heteroatoms. The van der Waals surface area contributed by atoms with Gasteiger partial charge in [0.05, 0.1) is 17.1 Å². The van der Waals surface area contributed by atoms with Gasteiger partial charge in [-0.3, -0.25) is 14.4 Å². The first kappa shape index (κ1) is 27.9. The van der Waals surface area contributed by atoms with Gasteiger partial charge in [0.25, 0.3) is 5.91 Å². The third-order valence-corrected chi connectivity index (χ3v) is 6.50. The number of amides is 2. The summed E-state index contributed by atoms with van der Waals surface area (Å²) >= 11 is 6.17. The molecule has 8 nitrogen and oxygen atoms in total. The van der Waals surface area contributed by atoms with Gasteiger partial charge in [0.2, 0.25) is 5.91 Å². The standard InChI is InChI=1S/C16H19ClN2O4S2.C2HF3O2/c17-12-4-3-11(10-13(12)19-7-1-2-14(19)20)16(23)18-6-9-25-24-8-5-15(21)22;3-2(4,5)1(6)7/h3-4,10H,1-2,5-9H2,(H,18,23)(H,21,22);(H,6,7). The second-order valence-corrected chi connectivity index (χ2v) is 9.27. The molecule has 0 unspecified atom stereocenters. The van der Waals surface area contributed by atoms with E-state index < -0.39 is 18.1 Å². The highest BCUT2D eigenvalue weighted by atomic mass is 35.5. The summed E-state index contributed by atoms with van der Waals surface area (Å²) < 4.78 is 31.7. The SMILES string of the molecule is O=C(O)C(F)(F)F.O=C(O)CCSSCCNC(=O)c1ccc(Cl)c(N2CCCC2=O)c1. The largest absolute Gasteiger partial charge is 0.490 e. The van der Waals surface area contributed by atoms with Gasteiger partial charge in [-0.2, -0.15) is 13.2 Å². The molecule has 1 aromatic carbocycles. The molecule has 0 aliphatic carbocycles. The first-order valence-electron chi connectivity index (χ1n) is 9.08. The van der Waals surface area contributed by atoms with Crippen molar-refractivity contribution in [1.82, 2.24) is 5.32 Å². The summed E-state index contributed by atoms with van der Waals surface area (Å²) in [4.78, 5) is 45.0. The molecular weight excluding hydrogens is 497 g/mol. The lowest BCUT2D eigenvalue weighted by Crippen LogP contribution is -2.27. The predicted octanol–water partition coefficient (Wildman–Crippen LogP) is 3.69. The van der Waals surface area contributed by atoms with Crippen LogP contribution in [0.1, 0.15) is 29.6 Å². The molecule has 0 radical (unpaired) electrons. The molecule has 2 rings (SSSR count). The average molecular weight is 517 g/mol. The summed E-state index contributed by atoms with van der Waals surface area (Å²) in [5.41, 5.74) is 1.04. The number of benzene rings is 1. The molecule has 32 heavy (non-hydrogen) atoms. The van der Waals surface area contributed by atoms with Crippen LogP contribution in [0.15, 0.2) is 18.2 Å². The van der Waals surface area contributed by atoms with Crippen molar-refractivity contribution in [3.63, 3.8) is 0 Å². The van der Waals surface area contributed by atoms with Crippen LogP contribution < -0.4 is 10.2 Å². The van der Waals surface area contributed by atoms with Crippen molar-refractivity contribution in [2.24, 2.45) is 0 Å². The number of carboxylic acids is 2. The summed E-state index contributed by atoms with van der Waals surface area (Å²) in [6.45, 7) is 1.10. The van der Waals surface area contributed by atoms with Crippen molar-refractivity contribution in [3.05, 3.63) is 28.8 Å². The normalized spacial score (nSPS) is 13.4. The summed E-state index contributed by atoms with van der Waals surface area (Å²) in [5.74, 6) is -2.54. The first-order valence-corrected chi connectivity index (χ1v) is 11.9. The van der Waals surface area contributed by atoms with Gasteiger partial charge in [-0.15, -0.1) is 0 Å². The average Bonchev–Trinajstić information content (AvgIpc) is 3.12. The van der Waals surface area contributed by atoms with Crippen molar-refractivity contribution >= 4 is 62.6 Å². The molecule has 1 fully saturated rings. The molecule has 178 valence electrons. The lowest BCUT2D eigenvalue weighted by atomic mass is 10.1. The van der Waals surface area contributed by atoms with Crippen LogP contribution in [-0.4, -0.2) is 64.7 Å². The smallest absolute Gasteiger partial charge is 0.481 e. The molecule has 0 atom stereocenters. The zero-order valence-corrected chi connectivity index (χ0v) is 18.9. The van der Waals surface area contributed by atoms with Crippen molar-refractivity contribution < 1.29 is 42.6 Å². The molecule has 0 saturated carbocycles. The molecule has 1 aromatic rings. The lowest BCUT2D eigenvalue weighted by molar-refractivity contribution is -0.192. The fraction of sp³-hybridized carbons (Fsp3) is 0.444. The van der Waals surface area contributed by atoms with Crippen molar-refractivity contribution in [1.29, 1.82) is 0 Å². The fourth-order valence-corrected chi connectivity index (χ4v) is 4.42. The first-order chi connectivity index (χ1) is 14.9. The van der Waals surface area contributed by atoms with E-state index in [0.717, 1.165) is 6.42 Å². The maximum Gasteiger partial charge on any atom is 0.490 e. The third-order valence-electron chi connectivity index (χ3n) is 3.77. The van der Waals surface area contributed by atoms with Gasteiger partial charge < -0.3 is 20.4 Å². The quantitative estimate of drug-likeness (QED) is 0.335. The molecule has 2 amide bonds. The molecule has 1 aliphatic rings. The van der Waals surface area contributed by atoms with Gasteiger partial charge in [0.1, 0.15) is 0 Å². The zero-order valence-electron chi connectivity index (χ0n) is 16.5. The van der Waals surface area contributed by atoms with E-state index in [2.05, 4.69) is 5.32 Å². The van der Waals surface area contributed by atoms with Crippen molar-refractivity contribution in [2.45, 2.75) is 25.4 Å². The number of carbonyl (C=O) groups is 4. The van der Waals surface area contributed by atoms with Gasteiger partial charge in [-0.25, -0.2) is 4.79 Å². The maximum absolute atomic E-state index is 12.2. The number of nitrogens with zero attached hydrogens (tertiary/aromatic N) is 1. The van der Waals surface area contributed by atoms with Crippen LogP contribution in [0.4, 0.5) is 18.9 Å². The minimum Gasteiger partial charge on any atom is -0.481 e. The van der Waals surface area contributed by atoms with Crippen LogP contribution in [0, 0.1) is 0 Å². The van der Waals surface area contributed by atoms with Crippen LogP contribution in [0.2, 0.25) is 5.02 Å². The molecule has 0 aromatic heterocycles. The van der Waals surface area contributed by atoms with Gasteiger partial charge in [0, 0.05) is 36.6 Å². The molecule has 0 spiro atoms. The van der Waals surface area contributed by atoms with E-state index in [1.54, 1.807) is 23.1 Å². The summed E-state index contributed by atoms with van der Waals surface area (Å²) in [7, 11) is 3.00. The van der Waals surface area contributed by atoms with Crippen molar-refractivity contribution in [2.75, 3.05) is 29.5 Å². The van der Waals surface area contributed by atoms with E-state index in [1.807, 2.05) is 0 Å². The number of alkyl halides is 3. The van der Waals surface area contributed by atoms with Crippen LogP contribution in [0.5, 0.6) is 0 Å². The molecule has 1 heterocycles. The highest BCUT2D eigenvalue weighted by Gasteiger charge is 2.38. The van der Waals surface area contributed by atoms with E-state index in [-0.39, 0.29) is 18.2 Å². The molecule has 0 bridgehead atoms. The van der Waals surface area contributed by atoms with E-state index >= 15 is 0 Å². The van der Waals surface area contributed by atoms with Gasteiger partial charge in [0.15, 0.2) is 0 Å². The molecule has 1 aliphatic heterocycles. The van der Waals surface area contributed by atoms with E-state index in [4.69, 9.17) is 26.6 Å². The number of nitrogens with one attached hydrogen (secondary N) is 1. The number of rotatable bonds is 9. The number of aliphatic carboxylic acids is 2. The van der Waals surface area contributed by atoms with Crippen LogP contribution in [0.25, 0.3) is 0 Å². The topological polar surface area (TPSA) is 124 Å². The number of anilines is 1. The zero-order chi connectivity index (χ0) is 24.3. The summed E-state index contributed by atoms with van der Waals surface area (Å²) in [6.07, 6.45) is -3.65. The minimum atomic E-state index is -5.08. The lowest BCUT2D eigenvalue weighted by Gasteiger charge is -2.18. The maximum atomic E-state index is 12.2. The number of halogens is 4. The molecule has 1 saturated heterocycles. The molecular formula is C18H20ClF3N2O6S2. The Morgan fingerprint density at radius 1 is 1.16 bits per heavy atom. The second kappa shape index (κ2) is 13.4. The highest BCUT2D eigenvalue weighted by Crippen LogP contribution is 2.30. The Morgan fingerprint density at radius 2 is 1.78 bits per heavy atom. The van der Waals surface area contributed by atoms with Gasteiger partial charge in [-0.1, -0.05) is 33.2 Å². The van der Waals surface area contributed by atoms with Crippen LogP contribution in [0.3, 0.4) is 0 Å². The highest BCUT2D eigenvalue weighted by molar-refractivity contribution is 8.76. The summed E-state index contributed by atoms with van der Waals surface area (Å²) in [6, 6.07) is 4.92. The van der Waals surface area contributed by atoms with Crippen LogP contribution >= 0.6 is 33.2 Å². The van der Waals surface area contributed by atoms with Gasteiger partial charge >= 0.3 is 18.1 Å². The van der Waals surface area contributed by atoms with Crippen LogP contribution in [-0.2, 0) is 14.4 Å². The Morgan fingerprint density at radius 3 is 2.31 bits per heavy atom. The summed E-state index contributed by atoms with van der Waals surface area (Å²) in [5, 5.41) is 18.9. The number of hydrogen-bond acceptors (Lipinski definition) is 6. The second-order valence-electron chi connectivity index (χ2n) is 6.16. The Bertz CT molecular complexity index is 841. The van der Waals surface area contributed by atoms with Gasteiger partial charge in [-0.05, 0) is 24.6 Å². The third kappa shape index (κ3) is 10.0. The van der Waals surface area contributed by atoms with E-state index in [0.29, 0.717) is 47.3 Å². The number of carboxylic acid groups (broad SMARTS) is 2. The number of carbonyl (C=O) groups excluding carboxylic acids is 2. The monoisotopic (exact) mass is 516 g/mol. The minimum absolute atomic E-state index is 0.0224. The van der Waals surface area contributed by atoms with E-state index in [1.165, 1.54) is 21.6 Å². The molecule has 3 N–H and O–H groups in total. The van der Waals surface area contributed by atoms with Crippen molar-refractivity contribution in [3.8, 4) is 0 Å². The Labute approximate surface area is 194 Å². The fourth-order valence-electron chi connectivity index (χ4n) is 2.32. The Balaban J connectivity index is 0.000000633. The Hall–Kier alpha value is -2.12. The predicted molar refractivity (Wildman–Crippen MR) is 116 cm³/mol. The Kier molecular flexibility index (Phi) is 11.7. The number of hydrogen-bond donors (Lipinski definition) is 3.